The molecular formula is C14H14BrNO3. The minimum absolute atomic E-state index is 0.0409. The van der Waals surface area contributed by atoms with Crippen LogP contribution in [0.1, 0.15) is 29.8 Å². The van der Waals surface area contributed by atoms with Crippen LogP contribution in [0.3, 0.4) is 0 Å². The van der Waals surface area contributed by atoms with Crippen molar-refractivity contribution in [2.75, 3.05) is 0 Å². The number of aliphatic hydroxyl groups excluding tert-OH is 1. The van der Waals surface area contributed by atoms with Gasteiger partial charge >= 0.3 is 0 Å². The number of benzene rings is 1. The average molecular weight is 324 g/mol. The Bertz CT molecular complexity index is 622. The first-order valence-electron chi connectivity index (χ1n) is 6.30. The summed E-state index contributed by atoms with van der Waals surface area (Å²) in [5.41, 5.74) is 0.680. The van der Waals surface area contributed by atoms with Crippen molar-refractivity contribution in [1.82, 2.24) is 5.32 Å². The van der Waals surface area contributed by atoms with E-state index in [0.29, 0.717) is 17.8 Å². The van der Waals surface area contributed by atoms with Crippen LogP contribution >= 0.6 is 15.9 Å². The van der Waals surface area contributed by atoms with E-state index >= 15 is 0 Å². The third-order valence-electron chi connectivity index (χ3n) is 3.46. The van der Waals surface area contributed by atoms with Crippen LogP contribution in [0.15, 0.2) is 33.2 Å². The summed E-state index contributed by atoms with van der Waals surface area (Å²) in [6.45, 7) is 0. The van der Waals surface area contributed by atoms with Crippen LogP contribution in [0.5, 0.6) is 0 Å². The van der Waals surface area contributed by atoms with Crippen molar-refractivity contribution in [3.05, 3.63) is 34.5 Å². The number of hydrogen-bond donors (Lipinski definition) is 2. The molecule has 0 bridgehead atoms. The Labute approximate surface area is 118 Å². The van der Waals surface area contributed by atoms with E-state index in [1.807, 2.05) is 18.2 Å². The summed E-state index contributed by atoms with van der Waals surface area (Å²) in [5, 5.41) is 13.2. The number of fused-ring (bicyclic) bond motifs is 1. The van der Waals surface area contributed by atoms with Crippen molar-refractivity contribution in [1.29, 1.82) is 0 Å². The van der Waals surface area contributed by atoms with Crippen LogP contribution in [0, 0.1) is 0 Å². The van der Waals surface area contributed by atoms with Gasteiger partial charge < -0.3 is 14.8 Å². The zero-order chi connectivity index (χ0) is 13.4. The second kappa shape index (κ2) is 4.98. The average Bonchev–Trinajstić information content (AvgIpc) is 2.96. The van der Waals surface area contributed by atoms with Gasteiger partial charge in [-0.3, -0.25) is 4.79 Å². The fourth-order valence-electron chi connectivity index (χ4n) is 2.48. The molecule has 0 aliphatic heterocycles. The van der Waals surface area contributed by atoms with Crippen LogP contribution in [-0.2, 0) is 0 Å². The number of hydrogen-bond acceptors (Lipinski definition) is 3. The standard InChI is InChI=1S/C14H14BrNO3/c15-11-3-1-2-8-6-12(19-13(8)11)14(18)16-9-4-5-10(17)7-9/h1-3,6,9-10,17H,4-5,7H2,(H,16,18)/t9-,10+/m1/s1. The Kier molecular flexibility index (Phi) is 3.33. The Morgan fingerprint density at radius 1 is 1.42 bits per heavy atom. The topological polar surface area (TPSA) is 62.5 Å². The van der Waals surface area contributed by atoms with Gasteiger partial charge in [0.1, 0.15) is 5.58 Å². The van der Waals surface area contributed by atoms with Crippen molar-refractivity contribution in [2.45, 2.75) is 31.4 Å². The summed E-state index contributed by atoms with van der Waals surface area (Å²) < 4.78 is 6.41. The number of nitrogens with one attached hydrogen (secondary N) is 1. The molecule has 100 valence electrons. The lowest BCUT2D eigenvalue weighted by atomic mass is 10.2. The maximum absolute atomic E-state index is 12.1. The minimum atomic E-state index is -0.296. The molecule has 19 heavy (non-hydrogen) atoms. The summed E-state index contributed by atoms with van der Waals surface area (Å²) in [7, 11) is 0. The molecule has 3 rings (SSSR count). The number of furan rings is 1. The first-order valence-corrected chi connectivity index (χ1v) is 7.10. The van der Waals surface area contributed by atoms with Gasteiger partial charge in [0.15, 0.2) is 5.76 Å². The summed E-state index contributed by atoms with van der Waals surface area (Å²) in [4.78, 5) is 12.1. The predicted octanol–water partition coefficient (Wildman–Crippen LogP) is 2.84. The van der Waals surface area contributed by atoms with Gasteiger partial charge in [-0.05, 0) is 47.3 Å². The van der Waals surface area contributed by atoms with E-state index < -0.39 is 0 Å². The van der Waals surface area contributed by atoms with E-state index in [-0.39, 0.29) is 18.1 Å². The first-order chi connectivity index (χ1) is 9.13. The zero-order valence-electron chi connectivity index (χ0n) is 10.2. The van der Waals surface area contributed by atoms with Crippen LogP contribution < -0.4 is 5.32 Å². The van der Waals surface area contributed by atoms with Gasteiger partial charge in [-0.15, -0.1) is 0 Å². The molecule has 0 unspecified atom stereocenters. The van der Waals surface area contributed by atoms with Crippen molar-refractivity contribution < 1.29 is 14.3 Å². The molecule has 1 aliphatic rings. The maximum Gasteiger partial charge on any atom is 0.287 e. The van der Waals surface area contributed by atoms with E-state index in [4.69, 9.17) is 4.42 Å². The van der Waals surface area contributed by atoms with E-state index in [2.05, 4.69) is 21.2 Å². The summed E-state index contributed by atoms with van der Waals surface area (Å²) in [5.74, 6) is 0.0884. The van der Waals surface area contributed by atoms with Gasteiger partial charge in [-0.2, -0.15) is 0 Å². The number of amides is 1. The van der Waals surface area contributed by atoms with Crippen molar-refractivity contribution in [3.63, 3.8) is 0 Å². The van der Waals surface area contributed by atoms with Crippen molar-refractivity contribution in [3.8, 4) is 0 Å². The Balaban J connectivity index is 1.80. The van der Waals surface area contributed by atoms with E-state index in [1.165, 1.54) is 0 Å². The normalized spacial score (nSPS) is 22.8. The zero-order valence-corrected chi connectivity index (χ0v) is 11.8. The smallest absolute Gasteiger partial charge is 0.287 e. The van der Waals surface area contributed by atoms with Gasteiger partial charge in [-0.1, -0.05) is 12.1 Å². The molecule has 1 amide bonds. The van der Waals surface area contributed by atoms with Crippen LogP contribution in [-0.4, -0.2) is 23.2 Å². The molecule has 1 heterocycles. The Hall–Kier alpha value is -1.33. The van der Waals surface area contributed by atoms with Gasteiger partial charge in [0.2, 0.25) is 0 Å². The fourth-order valence-corrected chi connectivity index (χ4v) is 2.95. The molecular weight excluding hydrogens is 310 g/mol. The number of rotatable bonds is 2. The third kappa shape index (κ3) is 2.53. The van der Waals surface area contributed by atoms with Crippen LogP contribution in [0.25, 0.3) is 11.0 Å². The highest BCUT2D eigenvalue weighted by molar-refractivity contribution is 9.10. The van der Waals surface area contributed by atoms with Crippen molar-refractivity contribution >= 4 is 32.8 Å². The Morgan fingerprint density at radius 3 is 2.95 bits per heavy atom. The minimum Gasteiger partial charge on any atom is -0.450 e. The predicted molar refractivity (Wildman–Crippen MR) is 75.0 cm³/mol. The van der Waals surface area contributed by atoms with Crippen LogP contribution in [0.4, 0.5) is 0 Å². The molecule has 1 aromatic heterocycles. The highest BCUT2D eigenvalue weighted by atomic mass is 79.9. The van der Waals surface area contributed by atoms with Gasteiger partial charge in [0.25, 0.3) is 5.91 Å². The molecule has 0 radical (unpaired) electrons. The van der Waals surface area contributed by atoms with Crippen LogP contribution in [0.2, 0.25) is 0 Å². The fraction of sp³-hybridized carbons (Fsp3) is 0.357. The molecule has 2 aromatic rings. The Morgan fingerprint density at radius 2 is 2.26 bits per heavy atom. The van der Waals surface area contributed by atoms with E-state index in [9.17, 15) is 9.90 Å². The van der Waals surface area contributed by atoms with Gasteiger partial charge in [0.05, 0.1) is 10.6 Å². The number of carbonyl (C=O) groups excluding carboxylic acids is 1. The number of halogens is 1. The van der Waals surface area contributed by atoms with Gasteiger partial charge in [0, 0.05) is 11.4 Å². The second-order valence-corrected chi connectivity index (χ2v) is 5.76. The molecule has 1 fully saturated rings. The number of carbonyl (C=O) groups is 1. The quantitative estimate of drug-likeness (QED) is 0.893. The first kappa shape index (κ1) is 12.7. The largest absolute Gasteiger partial charge is 0.450 e. The summed E-state index contributed by atoms with van der Waals surface area (Å²) in [6.07, 6.45) is 1.89. The second-order valence-electron chi connectivity index (χ2n) is 4.91. The highest BCUT2D eigenvalue weighted by Gasteiger charge is 2.25. The summed E-state index contributed by atoms with van der Waals surface area (Å²) >= 11 is 3.40. The number of aliphatic hydroxyl groups is 1. The molecule has 0 saturated heterocycles. The van der Waals surface area contributed by atoms with Gasteiger partial charge in [-0.25, -0.2) is 0 Å². The molecule has 1 aliphatic carbocycles. The molecule has 0 spiro atoms. The molecule has 5 heteroatoms. The monoisotopic (exact) mass is 323 g/mol. The molecule has 2 N–H and O–H groups in total. The van der Waals surface area contributed by atoms with Crippen molar-refractivity contribution in [2.24, 2.45) is 0 Å². The van der Waals surface area contributed by atoms with E-state index in [0.717, 1.165) is 22.7 Å². The SMILES string of the molecule is O=C(N[C@@H]1CC[C@H](O)C1)c1cc2cccc(Br)c2o1. The molecule has 4 nitrogen and oxygen atoms in total. The molecule has 2 atom stereocenters. The lowest BCUT2D eigenvalue weighted by Crippen LogP contribution is -2.32. The summed E-state index contributed by atoms with van der Waals surface area (Å²) in [6, 6.07) is 7.46. The molecule has 1 saturated carbocycles. The highest BCUT2D eigenvalue weighted by Crippen LogP contribution is 2.27. The number of para-hydroxylation sites is 1. The molecule has 1 aromatic carbocycles. The third-order valence-corrected chi connectivity index (χ3v) is 4.08. The van der Waals surface area contributed by atoms with E-state index in [1.54, 1.807) is 6.07 Å². The maximum atomic E-state index is 12.1. The lowest BCUT2D eigenvalue weighted by molar-refractivity contribution is 0.0908. The lowest BCUT2D eigenvalue weighted by Gasteiger charge is -2.10.